The van der Waals surface area contributed by atoms with Crippen LogP contribution in [0.3, 0.4) is 0 Å². The van der Waals surface area contributed by atoms with Gasteiger partial charge in [-0.25, -0.2) is 4.79 Å². The SMILES string of the molecule is CCN(CC)C(=O)Cn1cc([N+](=O)[O-])c(=O)[nH]c1=O. The number of aromatic amines is 1. The topological polar surface area (TPSA) is 118 Å². The fraction of sp³-hybridized carbons (Fsp3) is 0.500. The summed E-state index contributed by atoms with van der Waals surface area (Å²) in [7, 11) is 0. The zero-order chi connectivity index (χ0) is 14.6. The molecule has 1 aromatic rings. The summed E-state index contributed by atoms with van der Waals surface area (Å²) in [6.45, 7) is 4.14. The largest absolute Gasteiger partial charge is 0.350 e. The smallest absolute Gasteiger partial charge is 0.342 e. The molecule has 1 aromatic heterocycles. The highest BCUT2D eigenvalue weighted by atomic mass is 16.6. The number of H-pyrrole nitrogens is 1. The van der Waals surface area contributed by atoms with Gasteiger partial charge in [-0.2, -0.15) is 0 Å². The molecule has 19 heavy (non-hydrogen) atoms. The first-order valence-electron chi connectivity index (χ1n) is 5.66. The van der Waals surface area contributed by atoms with Crippen molar-refractivity contribution >= 4 is 11.6 Å². The maximum atomic E-state index is 11.8. The molecule has 0 radical (unpaired) electrons. The Hall–Kier alpha value is -2.45. The Balaban J connectivity index is 3.12. The number of amides is 1. The molecular weight excluding hydrogens is 256 g/mol. The minimum atomic E-state index is -1.08. The summed E-state index contributed by atoms with van der Waals surface area (Å²) in [6, 6.07) is 0. The van der Waals surface area contributed by atoms with Crippen molar-refractivity contribution in [1.82, 2.24) is 14.5 Å². The Bertz CT molecular complexity index is 599. The second-order valence-corrected chi connectivity index (χ2v) is 3.72. The minimum Gasteiger partial charge on any atom is -0.342 e. The minimum absolute atomic E-state index is 0.349. The monoisotopic (exact) mass is 270 g/mol. The first-order chi connectivity index (χ1) is 8.90. The van der Waals surface area contributed by atoms with E-state index in [0.717, 1.165) is 10.8 Å². The second kappa shape index (κ2) is 5.94. The highest BCUT2D eigenvalue weighted by molar-refractivity contribution is 5.75. The molecule has 0 aliphatic heterocycles. The summed E-state index contributed by atoms with van der Waals surface area (Å²) in [5.41, 5.74) is -2.70. The lowest BCUT2D eigenvalue weighted by Crippen LogP contribution is -2.38. The highest BCUT2D eigenvalue weighted by Crippen LogP contribution is 2.00. The summed E-state index contributed by atoms with van der Waals surface area (Å²) in [4.78, 5) is 47.4. The van der Waals surface area contributed by atoms with Gasteiger partial charge in [0.25, 0.3) is 0 Å². The van der Waals surface area contributed by atoms with Crippen LogP contribution in [0.4, 0.5) is 5.69 Å². The number of carbonyl (C=O) groups excluding carboxylic acids is 1. The van der Waals surface area contributed by atoms with Crippen molar-refractivity contribution in [3.05, 3.63) is 37.1 Å². The summed E-state index contributed by atoms with van der Waals surface area (Å²) in [5.74, 6) is -0.353. The van der Waals surface area contributed by atoms with Crippen LogP contribution in [0, 0.1) is 10.1 Å². The maximum absolute atomic E-state index is 11.8. The fourth-order valence-corrected chi connectivity index (χ4v) is 1.57. The molecule has 1 N–H and O–H groups in total. The van der Waals surface area contributed by atoms with E-state index in [-0.39, 0.29) is 12.5 Å². The lowest BCUT2D eigenvalue weighted by atomic mass is 10.4. The number of likely N-dealkylation sites (N-methyl/N-ethyl adjacent to an activating group) is 1. The van der Waals surface area contributed by atoms with Crippen LogP contribution in [0.2, 0.25) is 0 Å². The van der Waals surface area contributed by atoms with Gasteiger partial charge in [-0.3, -0.25) is 29.3 Å². The molecule has 0 aliphatic carbocycles. The van der Waals surface area contributed by atoms with E-state index in [1.54, 1.807) is 13.8 Å². The summed E-state index contributed by atoms with van der Waals surface area (Å²) in [6.07, 6.45) is 0.780. The molecule has 0 spiro atoms. The van der Waals surface area contributed by atoms with E-state index in [1.165, 1.54) is 4.90 Å². The molecule has 0 saturated heterocycles. The van der Waals surface area contributed by atoms with Gasteiger partial charge in [0.1, 0.15) is 6.54 Å². The Morgan fingerprint density at radius 3 is 2.47 bits per heavy atom. The van der Waals surface area contributed by atoms with E-state index in [1.807, 2.05) is 4.98 Å². The van der Waals surface area contributed by atoms with Gasteiger partial charge >= 0.3 is 16.9 Å². The molecule has 0 aromatic carbocycles. The third-order valence-electron chi connectivity index (χ3n) is 2.61. The average Bonchev–Trinajstić information content (AvgIpc) is 2.33. The summed E-state index contributed by atoms with van der Waals surface area (Å²) >= 11 is 0. The number of nitro groups is 1. The van der Waals surface area contributed by atoms with Crippen molar-refractivity contribution in [3.8, 4) is 0 Å². The van der Waals surface area contributed by atoms with Crippen molar-refractivity contribution in [1.29, 1.82) is 0 Å². The Labute approximate surface area is 107 Å². The van der Waals surface area contributed by atoms with Crippen LogP contribution < -0.4 is 11.2 Å². The molecule has 0 bridgehead atoms. The normalized spacial score (nSPS) is 10.2. The Kier molecular flexibility index (Phi) is 4.56. The quantitative estimate of drug-likeness (QED) is 0.561. The molecule has 9 heteroatoms. The van der Waals surface area contributed by atoms with Crippen molar-refractivity contribution in [2.24, 2.45) is 0 Å². The van der Waals surface area contributed by atoms with Gasteiger partial charge in [0.05, 0.1) is 11.1 Å². The molecule has 9 nitrogen and oxygen atoms in total. The van der Waals surface area contributed by atoms with Crippen LogP contribution in [0.1, 0.15) is 13.8 Å². The maximum Gasteiger partial charge on any atom is 0.350 e. The van der Waals surface area contributed by atoms with E-state index >= 15 is 0 Å². The van der Waals surface area contributed by atoms with Crippen LogP contribution in [0.5, 0.6) is 0 Å². The first-order valence-corrected chi connectivity index (χ1v) is 5.66. The lowest BCUT2D eigenvalue weighted by molar-refractivity contribution is -0.386. The summed E-state index contributed by atoms with van der Waals surface area (Å²) < 4.78 is 0.820. The van der Waals surface area contributed by atoms with Crippen LogP contribution >= 0.6 is 0 Å². The van der Waals surface area contributed by atoms with Gasteiger partial charge < -0.3 is 4.90 Å². The predicted molar refractivity (Wildman–Crippen MR) is 65.9 cm³/mol. The van der Waals surface area contributed by atoms with Gasteiger partial charge in [-0.05, 0) is 13.8 Å². The zero-order valence-electron chi connectivity index (χ0n) is 10.6. The standard InChI is InChI=1S/C10H14N4O5/c1-3-12(4-2)8(15)6-13-5-7(14(18)19)9(16)11-10(13)17/h5H,3-4,6H2,1-2H3,(H,11,16,17). The molecule has 1 heterocycles. The molecule has 0 saturated carbocycles. The van der Waals surface area contributed by atoms with Crippen molar-refractivity contribution in [3.63, 3.8) is 0 Å². The Morgan fingerprint density at radius 2 is 2.00 bits per heavy atom. The third-order valence-corrected chi connectivity index (χ3v) is 2.61. The Morgan fingerprint density at radius 1 is 1.42 bits per heavy atom. The number of hydrogen-bond donors (Lipinski definition) is 1. The third kappa shape index (κ3) is 3.27. The zero-order valence-corrected chi connectivity index (χ0v) is 10.6. The number of hydrogen-bond acceptors (Lipinski definition) is 5. The molecule has 0 fully saturated rings. The molecule has 104 valence electrons. The van der Waals surface area contributed by atoms with E-state index in [2.05, 4.69) is 0 Å². The fourth-order valence-electron chi connectivity index (χ4n) is 1.57. The van der Waals surface area contributed by atoms with Crippen LogP contribution in [0.15, 0.2) is 15.8 Å². The molecular formula is C10H14N4O5. The van der Waals surface area contributed by atoms with Gasteiger partial charge in [-0.15, -0.1) is 0 Å². The van der Waals surface area contributed by atoms with Crippen molar-refractivity contribution < 1.29 is 9.72 Å². The number of carbonyl (C=O) groups is 1. The van der Waals surface area contributed by atoms with E-state index in [9.17, 15) is 24.5 Å². The van der Waals surface area contributed by atoms with E-state index in [4.69, 9.17) is 0 Å². The van der Waals surface area contributed by atoms with Crippen molar-refractivity contribution in [2.75, 3.05) is 13.1 Å². The van der Waals surface area contributed by atoms with Crippen LogP contribution in [-0.4, -0.2) is 38.4 Å². The van der Waals surface area contributed by atoms with Crippen LogP contribution in [0.25, 0.3) is 0 Å². The first kappa shape index (κ1) is 14.6. The number of aromatic nitrogens is 2. The second-order valence-electron chi connectivity index (χ2n) is 3.72. The molecule has 1 rings (SSSR count). The van der Waals surface area contributed by atoms with E-state index in [0.29, 0.717) is 13.1 Å². The molecule has 0 aliphatic rings. The van der Waals surface area contributed by atoms with Crippen LogP contribution in [-0.2, 0) is 11.3 Å². The highest BCUT2D eigenvalue weighted by Gasteiger charge is 2.17. The number of nitrogens with zero attached hydrogens (tertiary/aromatic N) is 3. The molecule has 0 atom stereocenters. The number of nitrogens with one attached hydrogen (secondary N) is 1. The summed E-state index contributed by atoms with van der Waals surface area (Å²) in [5, 5.41) is 10.6. The average molecular weight is 270 g/mol. The molecule has 1 amide bonds. The van der Waals surface area contributed by atoms with Gasteiger partial charge in [0.15, 0.2) is 0 Å². The lowest BCUT2D eigenvalue weighted by Gasteiger charge is -2.18. The molecule has 0 unspecified atom stereocenters. The van der Waals surface area contributed by atoms with Gasteiger partial charge in [0.2, 0.25) is 5.91 Å². The number of rotatable bonds is 5. The van der Waals surface area contributed by atoms with Gasteiger partial charge in [-0.1, -0.05) is 0 Å². The predicted octanol–water partition coefficient (Wildman–Crippen LogP) is -0.687. The van der Waals surface area contributed by atoms with Crippen molar-refractivity contribution in [2.45, 2.75) is 20.4 Å². The van der Waals surface area contributed by atoms with E-state index < -0.39 is 21.9 Å². The van der Waals surface area contributed by atoms with Gasteiger partial charge in [0, 0.05) is 13.1 Å².